The molecule has 0 amide bonds. The first-order valence-electron chi connectivity index (χ1n) is 5.72. The van der Waals surface area contributed by atoms with E-state index in [1.54, 1.807) is 6.26 Å². The van der Waals surface area contributed by atoms with Crippen LogP contribution in [0, 0.1) is 5.92 Å². The van der Waals surface area contributed by atoms with E-state index < -0.39 is 0 Å². The van der Waals surface area contributed by atoms with Gasteiger partial charge in [0.15, 0.2) is 5.89 Å². The molecule has 0 saturated carbocycles. The first-order chi connectivity index (χ1) is 7.38. The van der Waals surface area contributed by atoms with Crippen LogP contribution in [0.5, 0.6) is 0 Å². The van der Waals surface area contributed by atoms with Crippen molar-refractivity contribution in [2.24, 2.45) is 11.7 Å². The Balaban J connectivity index is 1.83. The lowest BCUT2D eigenvalue weighted by atomic mass is 10.1. The van der Waals surface area contributed by atoms with Crippen molar-refractivity contribution in [3.05, 3.63) is 17.8 Å². The van der Waals surface area contributed by atoms with Crippen molar-refractivity contribution in [2.45, 2.75) is 25.7 Å². The van der Waals surface area contributed by atoms with Gasteiger partial charge in [0.25, 0.3) is 0 Å². The molecule has 1 atom stereocenters. The monoisotopic (exact) mass is 209 g/mol. The molecule has 1 aromatic rings. The Kier molecular flexibility index (Phi) is 3.75. The van der Waals surface area contributed by atoms with Gasteiger partial charge in [-0.25, -0.2) is 4.98 Å². The van der Waals surface area contributed by atoms with Gasteiger partial charge in [0, 0.05) is 6.42 Å². The normalized spacial score (nSPS) is 21.0. The van der Waals surface area contributed by atoms with Crippen molar-refractivity contribution < 1.29 is 4.42 Å². The zero-order valence-corrected chi connectivity index (χ0v) is 9.04. The highest BCUT2D eigenvalue weighted by molar-refractivity contribution is 4.98. The maximum atomic E-state index is 5.45. The molecule has 2 rings (SSSR count). The lowest BCUT2D eigenvalue weighted by Crippen LogP contribution is -2.10. The largest absolute Gasteiger partial charge is 0.449 e. The molecule has 0 bridgehead atoms. The first-order valence-corrected chi connectivity index (χ1v) is 5.72. The summed E-state index contributed by atoms with van der Waals surface area (Å²) in [5.74, 6) is 1.58. The lowest BCUT2D eigenvalue weighted by molar-refractivity contribution is 0.442. The lowest BCUT2D eigenvalue weighted by Gasteiger charge is -2.02. The highest BCUT2D eigenvalue weighted by Crippen LogP contribution is 2.15. The van der Waals surface area contributed by atoms with Crippen molar-refractivity contribution in [1.29, 1.82) is 0 Å². The molecule has 4 nitrogen and oxygen atoms in total. The smallest absolute Gasteiger partial charge is 0.194 e. The molecule has 1 aliphatic heterocycles. The van der Waals surface area contributed by atoms with Gasteiger partial charge in [-0.05, 0) is 44.8 Å². The summed E-state index contributed by atoms with van der Waals surface area (Å²) in [5.41, 5.74) is 6.49. The van der Waals surface area contributed by atoms with Crippen molar-refractivity contribution in [3.8, 4) is 0 Å². The standard InChI is InChI=1S/C11H19N3O/c12-4-1-2-10-8-15-11(14-10)6-9-3-5-13-7-9/h8-9,13H,1-7,12H2. The second kappa shape index (κ2) is 5.28. The molecule has 1 aromatic heterocycles. The molecule has 1 fully saturated rings. The molecule has 3 N–H and O–H groups in total. The van der Waals surface area contributed by atoms with E-state index >= 15 is 0 Å². The Morgan fingerprint density at radius 1 is 1.60 bits per heavy atom. The van der Waals surface area contributed by atoms with Crippen molar-refractivity contribution in [3.63, 3.8) is 0 Å². The molecule has 0 aromatic carbocycles. The van der Waals surface area contributed by atoms with Crippen molar-refractivity contribution >= 4 is 0 Å². The van der Waals surface area contributed by atoms with E-state index in [4.69, 9.17) is 10.2 Å². The fourth-order valence-corrected chi connectivity index (χ4v) is 1.98. The average Bonchev–Trinajstić information content (AvgIpc) is 2.87. The van der Waals surface area contributed by atoms with E-state index in [2.05, 4.69) is 10.3 Å². The summed E-state index contributed by atoms with van der Waals surface area (Å²) in [6.07, 6.45) is 5.89. The molecule has 1 aliphatic rings. The van der Waals surface area contributed by atoms with Gasteiger partial charge < -0.3 is 15.5 Å². The molecule has 0 radical (unpaired) electrons. The second-order valence-electron chi connectivity index (χ2n) is 4.19. The highest BCUT2D eigenvalue weighted by atomic mass is 16.3. The van der Waals surface area contributed by atoms with Crippen LogP contribution in [0.1, 0.15) is 24.4 Å². The Morgan fingerprint density at radius 3 is 3.27 bits per heavy atom. The van der Waals surface area contributed by atoms with Crippen LogP contribution in [-0.4, -0.2) is 24.6 Å². The summed E-state index contributed by atoms with van der Waals surface area (Å²) in [4.78, 5) is 4.46. The van der Waals surface area contributed by atoms with Crippen LogP contribution in [0.3, 0.4) is 0 Å². The maximum absolute atomic E-state index is 5.45. The minimum Gasteiger partial charge on any atom is -0.449 e. The molecular weight excluding hydrogens is 190 g/mol. The van der Waals surface area contributed by atoms with Gasteiger partial charge >= 0.3 is 0 Å². The molecule has 15 heavy (non-hydrogen) atoms. The minimum atomic E-state index is 0.700. The first kappa shape index (κ1) is 10.6. The van der Waals surface area contributed by atoms with Crippen molar-refractivity contribution in [1.82, 2.24) is 10.3 Å². The van der Waals surface area contributed by atoms with Gasteiger partial charge in [-0.1, -0.05) is 0 Å². The third-order valence-corrected chi connectivity index (χ3v) is 2.86. The van der Waals surface area contributed by atoms with Crippen LogP contribution in [-0.2, 0) is 12.8 Å². The fraction of sp³-hybridized carbons (Fsp3) is 0.727. The second-order valence-corrected chi connectivity index (χ2v) is 4.19. The number of aromatic nitrogens is 1. The minimum absolute atomic E-state index is 0.700. The van der Waals surface area contributed by atoms with Gasteiger partial charge in [-0.15, -0.1) is 0 Å². The van der Waals surface area contributed by atoms with Crippen LogP contribution in [0.15, 0.2) is 10.7 Å². The van der Waals surface area contributed by atoms with Gasteiger partial charge in [-0.3, -0.25) is 0 Å². The highest BCUT2D eigenvalue weighted by Gasteiger charge is 2.17. The third kappa shape index (κ3) is 3.04. The molecule has 2 heterocycles. The molecule has 1 saturated heterocycles. The summed E-state index contributed by atoms with van der Waals surface area (Å²) in [6, 6.07) is 0. The van der Waals surface area contributed by atoms with E-state index in [-0.39, 0.29) is 0 Å². The van der Waals surface area contributed by atoms with E-state index in [0.717, 1.165) is 50.5 Å². The van der Waals surface area contributed by atoms with Crippen LogP contribution in [0.2, 0.25) is 0 Å². The summed E-state index contributed by atoms with van der Waals surface area (Å²) < 4.78 is 5.44. The van der Waals surface area contributed by atoms with Gasteiger partial charge in [0.2, 0.25) is 0 Å². The third-order valence-electron chi connectivity index (χ3n) is 2.86. The number of hydrogen-bond acceptors (Lipinski definition) is 4. The number of oxazole rings is 1. The number of rotatable bonds is 5. The Bertz CT molecular complexity index is 292. The number of hydrogen-bond donors (Lipinski definition) is 2. The van der Waals surface area contributed by atoms with Crippen LogP contribution in [0.25, 0.3) is 0 Å². The summed E-state index contributed by atoms with van der Waals surface area (Å²) in [6.45, 7) is 2.95. The number of nitrogens with one attached hydrogen (secondary N) is 1. The predicted molar refractivity (Wildman–Crippen MR) is 58.6 cm³/mol. The Labute approximate surface area is 90.2 Å². The van der Waals surface area contributed by atoms with Crippen LogP contribution >= 0.6 is 0 Å². The van der Waals surface area contributed by atoms with Crippen LogP contribution < -0.4 is 11.1 Å². The number of nitrogens with two attached hydrogens (primary N) is 1. The zero-order valence-electron chi connectivity index (χ0n) is 9.04. The molecule has 1 unspecified atom stereocenters. The predicted octanol–water partition coefficient (Wildman–Crippen LogP) is 0.718. The quantitative estimate of drug-likeness (QED) is 0.750. The average molecular weight is 209 g/mol. The molecular formula is C11H19N3O. The summed E-state index contributed by atoms with van der Waals surface area (Å²) in [7, 11) is 0. The Morgan fingerprint density at radius 2 is 2.53 bits per heavy atom. The zero-order chi connectivity index (χ0) is 10.5. The van der Waals surface area contributed by atoms with E-state index in [9.17, 15) is 0 Å². The topological polar surface area (TPSA) is 64.1 Å². The van der Waals surface area contributed by atoms with Gasteiger partial charge in [0.05, 0.1) is 5.69 Å². The van der Waals surface area contributed by atoms with E-state index in [1.165, 1.54) is 6.42 Å². The molecule has 0 aliphatic carbocycles. The maximum Gasteiger partial charge on any atom is 0.194 e. The molecule has 4 heteroatoms. The number of aryl methyl sites for hydroxylation is 1. The SMILES string of the molecule is NCCCc1coc(CC2CCNC2)n1. The summed E-state index contributed by atoms with van der Waals surface area (Å²) in [5, 5.41) is 3.35. The molecule has 84 valence electrons. The van der Waals surface area contributed by atoms with Gasteiger partial charge in [-0.2, -0.15) is 0 Å². The Hall–Kier alpha value is -0.870. The van der Waals surface area contributed by atoms with Gasteiger partial charge in [0.1, 0.15) is 6.26 Å². The fourth-order valence-electron chi connectivity index (χ4n) is 1.98. The summed E-state index contributed by atoms with van der Waals surface area (Å²) >= 11 is 0. The van der Waals surface area contributed by atoms with Crippen LogP contribution in [0.4, 0.5) is 0 Å². The van der Waals surface area contributed by atoms with Crippen molar-refractivity contribution in [2.75, 3.05) is 19.6 Å². The van der Waals surface area contributed by atoms with E-state index in [0.29, 0.717) is 5.92 Å². The number of nitrogens with zero attached hydrogens (tertiary/aromatic N) is 1. The molecule has 0 spiro atoms. The van der Waals surface area contributed by atoms with E-state index in [1.807, 2.05) is 0 Å².